The summed E-state index contributed by atoms with van der Waals surface area (Å²) >= 11 is 12.0. The second kappa shape index (κ2) is 7.52. The average molecular weight is 328 g/mol. The molecule has 2 rings (SSSR count). The van der Waals surface area contributed by atoms with E-state index in [1.165, 1.54) is 6.20 Å². The highest BCUT2D eigenvalue weighted by Gasteiger charge is 2.09. The quantitative estimate of drug-likeness (QED) is 0.748. The number of nitrogens with zero attached hydrogens (tertiary/aromatic N) is 3. The third-order valence-corrected chi connectivity index (χ3v) is 3.70. The summed E-state index contributed by atoms with van der Waals surface area (Å²) in [7, 11) is 0. The van der Waals surface area contributed by atoms with E-state index in [1.807, 2.05) is 42.5 Å². The number of anilines is 1. The van der Waals surface area contributed by atoms with Gasteiger partial charge in [0.25, 0.3) is 0 Å². The lowest BCUT2D eigenvalue weighted by molar-refractivity contribution is 0.964. The smallest absolute Gasteiger partial charge is 0.145 e. The molecule has 0 amide bonds. The average Bonchev–Trinajstić information content (AvgIpc) is 2.55. The Morgan fingerprint density at radius 3 is 2.27 bits per heavy atom. The van der Waals surface area contributed by atoms with E-state index in [4.69, 9.17) is 33.7 Å². The highest BCUT2D eigenvalue weighted by atomic mass is 35.5. The lowest BCUT2D eigenvalue weighted by atomic mass is 10.2. The minimum Gasteiger partial charge on any atom is -0.341 e. The predicted molar refractivity (Wildman–Crippen MR) is 88.4 cm³/mol. The summed E-state index contributed by atoms with van der Waals surface area (Å²) in [6.45, 7) is 0.506. The Labute approximate surface area is 139 Å². The van der Waals surface area contributed by atoms with Gasteiger partial charge in [-0.2, -0.15) is 10.5 Å². The van der Waals surface area contributed by atoms with Crippen molar-refractivity contribution in [3.8, 4) is 12.1 Å². The molecule has 108 valence electrons. The molecule has 0 spiro atoms. The van der Waals surface area contributed by atoms with E-state index in [0.717, 1.165) is 11.3 Å². The Bertz CT molecular complexity index is 755. The van der Waals surface area contributed by atoms with Crippen LogP contribution in [-0.4, -0.2) is 0 Å². The van der Waals surface area contributed by atoms with Crippen molar-refractivity contribution in [1.82, 2.24) is 0 Å². The Hall–Kier alpha value is -2.46. The summed E-state index contributed by atoms with van der Waals surface area (Å²) in [5.41, 5.74) is 1.81. The van der Waals surface area contributed by atoms with Gasteiger partial charge in [-0.15, -0.1) is 0 Å². The van der Waals surface area contributed by atoms with Crippen molar-refractivity contribution >= 4 is 28.9 Å². The first-order chi connectivity index (χ1) is 10.6. The highest BCUT2D eigenvalue weighted by Crippen LogP contribution is 2.28. The normalized spacial score (nSPS) is 9.45. The Morgan fingerprint density at radius 2 is 1.68 bits per heavy atom. The molecule has 0 saturated carbocycles. The molecule has 0 fully saturated rings. The topological polar surface area (TPSA) is 50.8 Å². The van der Waals surface area contributed by atoms with E-state index >= 15 is 0 Å². The van der Waals surface area contributed by atoms with E-state index in [2.05, 4.69) is 0 Å². The first-order valence-electron chi connectivity index (χ1n) is 6.41. The van der Waals surface area contributed by atoms with Gasteiger partial charge >= 0.3 is 0 Å². The monoisotopic (exact) mass is 327 g/mol. The fraction of sp³-hybridized carbons (Fsp3) is 0.0588. The van der Waals surface area contributed by atoms with Gasteiger partial charge in [-0.25, -0.2) is 0 Å². The molecule has 3 nitrogen and oxygen atoms in total. The summed E-state index contributed by atoms with van der Waals surface area (Å²) in [6, 6.07) is 18.6. The van der Waals surface area contributed by atoms with E-state index in [-0.39, 0.29) is 5.57 Å². The number of hydrogen-bond donors (Lipinski definition) is 0. The Kier molecular flexibility index (Phi) is 5.44. The van der Waals surface area contributed by atoms with E-state index in [0.29, 0.717) is 16.6 Å². The maximum Gasteiger partial charge on any atom is 0.145 e. The van der Waals surface area contributed by atoms with Gasteiger partial charge in [-0.05, 0) is 23.8 Å². The van der Waals surface area contributed by atoms with Gasteiger partial charge in [0.1, 0.15) is 17.7 Å². The van der Waals surface area contributed by atoms with Crippen molar-refractivity contribution in [2.75, 3.05) is 4.90 Å². The van der Waals surface area contributed by atoms with Crippen LogP contribution in [0.4, 0.5) is 5.69 Å². The molecule has 2 aromatic rings. The van der Waals surface area contributed by atoms with Gasteiger partial charge in [0.2, 0.25) is 0 Å². The van der Waals surface area contributed by atoms with E-state index in [1.54, 1.807) is 23.1 Å². The second-order valence-electron chi connectivity index (χ2n) is 4.48. The Balaban J connectivity index is 2.41. The number of hydrogen-bond acceptors (Lipinski definition) is 3. The molecular weight excluding hydrogens is 317 g/mol. The summed E-state index contributed by atoms with van der Waals surface area (Å²) in [5, 5.41) is 18.8. The largest absolute Gasteiger partial charge is 0.341 e. The fourth-order valence-corrected chi connectivity index (χ4v) is 2.19. The fourth-order valence-electron chi connectivity index (χ4n) is 1.89. The molecule has 0 aliphatic carbocycles. The standard InChI is InChI=1S/C17H11Cl2N3/c18-16-7-6-15(8-17(16)19)22(12-14(9-20)10-21)11-13-4-2-1-3-5-13/h1-8,12H,11H2. The molecule has 5 heteroatoms. The summed E-state index contributed by atoms with van der Waals surface area (Å²) in [5.74, 6) is 0. The van der Waals surface area contributed by atoms with Crippen molar-refractivity contribution < 1.29 is 0 Å². The number of halogens is 2. The van der Waals surface area contributed by atoms with E-state index < -0.39 is 0 Å². The Morgan fingerprint density at radius 1 is 1.00 bits per heavy atom. The molecular formula is C17H11Cl2N3. The lowest BCUT2D eigenvalue weighted by Gasteiger charge is -2.21. The molecule has 0 heterocycles. The molecule has 0 radical (unpaired) electrons. The molecule has 0 atom stereocenters. The lowest BCUT2D eigenvalue weighted by Crippen LogP contribution is -2.16. The molecule has 0 aliphatic rings. The highest BCUT2D eigenvalue weighted by molar-refractivity contribution is 6.42. The molecule has 2 aromatic carbocycles. The van der Waals surface area contributed by atoms with Gasteiger partial charge in [-0.3, -0.25) is 0 Å². The van der Waals surface area contributed by atoms with Crippen molar-refractivity contribution in [2.24, 2.45) is 0 Å². The first kappa shape index (κ1) is 15.9. The predicted octanol–water partition coefficient (Wildman–Crippen LogP) is 4.93. The van der Waals surface area contributed by atoms with Gasteiger partial charge in [0.05, 0.1) is 10.0 Å². The minimum atomic E-state index is 0.0157. The molecule has 22 heavy (non-hydrogen) atoms. The zero-order chi connectivity index (χ0) is 15.9. The van der Waals surface area contributed by atoms with Crippen LogP contribution in [0.5, 0.6) is 0 Å². The van der Waals surface area contributed by atoms with Crippen molar-refractivity contribution in [2.45, 2.75) is 6.54 Å². The number of benzene rings is 2. The number of rotatable bonds is 4. The van der Waals surface area contributed by atoms with Crippen molar-refractivity contribution in [3.63, 3.8) is 0 Å². The molecule has 0 aliphatic heterocycles. The minimum absolute atomic E-state index is 0.0157. The van der Waals surface area contributed by atoms with Crippen LogP contribution in [0.15, 0.2) is 60.3 Å². The van der Waals surface area contributed by atoms with Gasteiger partial charge in [-0.1, -0.05) is 53.5 Å². The van der Waals surface area contributed by atoms with Crippen LogP contribution >= 0.6 is 23.2 Å². The van der Waals surface area contributed by atoms with Crippen LogP contribution < -0.4 is 4.90 Å². The van der Waals surface area contributed by atoms with Crippen LogP contribution in [-0.2, 0) is 6.54 Å². The van der Waals surface area contributed by atoms with Crippen LogP contribution in [0.1, 0.15) is 5.56 Å². The maximum absolute atomic E-state index is 8.97. The van der Waals surface area contributed by atoms with Crippen LogP contribution in [0.3, 0.4) is 0 Å². The van der Waals surface area contributed by atoms with Gasteiger partial charge < -0.3 is 4.90 Å². The van der Waals surface area contributed by atoms with Gasteiger partial charge in [0, 0.05) is 18.4 Å². The molecule has 0 saturated heterocycles. The van der Waals surface area contributed by atoms with Crippen molar-refractivity contribution in [3.05, 3.63) is 75.9 Å². The summed E-state index contributed by atoms with van der Waals surface area (Å²) in [4.78, 5) is 1.79. The van der Waals surface area contributed by atoms with E-state index in [9.17, 15) is 0 Å². The van der Waals surface area contributed by atoms with Crippen LogP contribution in [0, 0.1) is 22.7 Å². The SMILES string of the molecule is N#CC(C#N)=CN(Cc1ccccc1)c1ccc(Cl)c(Cl)c1. The molecule has 0 unspecified atom stereocenters. The zero-order valence-electron chi connectivity index (χ0n) is 11.5. The summed E-state index contributed by atoms with van der Waals surface area (Å²) < 4.78 is 0. The van der Waals surface area contributed by atoms with Crippen LogP contribution in [0.2, 0.25) is 10.0 Å². The molecule has 0 bridgehead atoms. The number of allylic oxidation sites excluding steroid dienone is 1. The summed E-state index contributed by atoms with van der Waals surface area (Å²) in [6.07, 6.45) is 1.51. The maximum atomic E-state index is 8.97. The van der Waals surface area contributed by atoms with Crippen molar-refractivity contribution in [1.29, 1.82) is 10.5 Å². The second-order valence-corrected chi connectivity index (χ2v) is 5.29. The molecule has 0 N–H and O–H groups in total. The third kappa shape index (κ3) is 4.02. The molecule has 0 aromatic heterocycles. The van der Waals surface area contributed by atoms with Crippen LogP contribution in [0.25, 0.3) is 0 Å². The third-order valence-electron chi connectivity index (χ3n) is 2.96. The zero-order valence-corrected chi connectivity index (χ0v) is 13.0. The number of nitriles is 2. The van der Waals surface area contributed by atoms with Gasteiger partial charge in [0.15, 0.2) is 0 Å². The first-order valence-corrected chi connectivity index (χ1v) is 7.17.